The number of hydrogen-bond donors (Lipinski definition) is 4. The number of para-hydroxylation sites is 1. The monoisotopic (exact) mass is 448 g/mol. The number of nitrogens with one attached hydrogen (secondary N) is 2. The summed E-state index contributed by atoms with van der Waals surface area (Å²) < 4.78 is 32.2. The van der Waals surface area contributed by atoms with Crippen molar-refractivity contribution in [2.24, 2.45) is 10.8 Å². The number of aliphatic carboxylic acids is 1. The Morgan fingerprint density at radius 2 is 1.94 bits per heavy atom. The maximum Gasteiger partial charge on any atom is 0.322 e. The maximum absolute atomic E-state index is 12.0. The number of nitrogens with two attached hydrogens (primary N) is 1. The van der Waals surface area contributed by atoms with Crippen molar-refractivity contribution >= 4 is 28.0 Å². The van der Waals surface area contributed by atoms with Gasteiger partial charge >= 0.3 is 5.97 Å². The van der Waals surface area contributed by atoms with Crippen molar-refractivity contribution in [2.45, 2.75) is 38.8 Å². The van der Waals surface area contributed by atoms with Crippen molar-refractivity contribution in [3.8, 4) is 5.75 Å². The average Bonchev–Trinajstić information content (AvgIpc) is 2.75. The number of unbranched alkanes of at least 4 members (excludes halogenated alkanes) is 1. The van der Waals surface area contributed by atoms with E-state index in [1.807, 2.05) is 31.2 Å². The zero-order valence-electron chi connectivity index (χ0n) is 17.3. The number of rotatable bonds is 13. The van der Waals surface area contributed by atoms with Crippen LogP contribution in [-0.4, -0.2) is 37.6 Å². The first-order valence-corrected chi connectivity index (χ1v) is 11.5. The summed E-state index contributed by atoms with van der Waals surface area (Å²) in [4.78, 5) is 15.7. The van der Waals surface area contributed by atoms with Gasteiger partial charge in [0.25, 0.3) is 0 Å². The van der Waals surface area contributed by atoms with Crippen molar-refractivity contribution in [1.82, 2.24) is 10.1 Å². The van der Waals surface area contributed by atoms with Gasteiger partial charge in [-0.25, -0.2) is 24.0 Å². The minimum absolute atomic E-state index is 0.0323. The smallest absolute Gasteiger partial charge is 0.322 e. The highest BCUT2D eigenvalue weighted by Crippen LogP contribution is 2.21. The Morgan fingerprint density at radius 1 is 1.23 bits per heavy atom. The molecule has 10 heteroatoms. The van der Waals surface area contributed by atoms with Crippen LogP contribution in [0.2, 0.25) is 0 Å². The van der Waals surface area contributed by atoms with E-state index in [-0.39, 0.29) is 18.8 Å². The third-order valence-corrected chi connectivity index (χ3v) is 5.88. The summed E-state index contributed by atoms with van der Waals surface area (Å²) in [5.41, 5.74) is 4.62. The van der Waals surface area contributed by atoms with Gasteiger partial charge in [0, 0.05) is 5.56 Å². The van der Waals surface area contributed by atoms with E-state index in [1.165, 1.54) is 6.34 Å². The van der Waals surface area contributed by atoms with Crippen LogP contribution in [0.5, 0.6) is 5.75 Å². The van der Waals surface area contributed by atoms with Crippen LogP contribution in [0.3, 0.4) is 0 Å². The molecule has 9 nitrogen and oxygen atoms in total. The van der Waals surface area contributed by atoms with Gasteiger partial charge in [-0.3, -0.25) is 4.79 Å². The number of aliphatic imine (C=N–C) groups is 1. The lowest BCUT2D eigenvalue weighted by atomic mass is 10.1. The maximum atomic E-state index is 12.0. The molecule has 0 aliphatic carbocycles. The predicted octanol–water partition coefficient (Wildman–Crippen LogP) is 2.10. The van der Waals surface area contributed by atoms with Crippen molar-refractivity contribution in [3.63, 3.8) is 0 Å². The molecule has 0 amide bonds. The fraction of sp³-hybridized carbons (Fsp3) is 0.333. The van der Waals surface area contributed by atoms with Gasteiger partial charge < -0.3 is 15.3 Å². The molecule has 2 aromatic rings. The van der Waals surface area contributed by atoms with Crippen LogP contribution in [0.4, 0.5) is 5.69 Å². The summed E-state index contributed by atoms with van der Waals surface area (Å²) in [5, 5.41) is 9.40. The zero-order valence-corrected chi connectivity index (χ0v) is 18.1. The molecule has 0 spiro atoms. The van der Waals surface area contributed by atoms with Crippen LogP contribution in [0.1, 0.15) is 30.9 Å². The van der Waals surface area contributed by atoms with E-state index in [0.29, 0.717) is 24.2 Å². The molecule has 0 saturated heterocycles. The van der Waals surface area contributed by atoms with Gasteiger partial charge in [-0.1, -0.05) is 43.7 Å². The molecule has 0 aliphatic heterocycles. The zero-order chi connectivity index (χ0) is 22.7. The van der Waals surface area contributed by atoms with E-state index in [1.54, 1.807) is 24.3 Å². The Balaban J connectivity index is 1.99. The van der Waals surface area contributed by atoms with Crippen LogP contribution in [0.15, 0.2) is 53.5 Å². The Hall–Kier alpha value is -2.95. The first kappa shape index (κ1) is 24.3. The molecule has 2 aromatic carbocycles. The van der Waals surface area contributed by atoms with Crippen molar-refractivity contribution in [1.29, 1.82) is 0 Å². The summed E-state index contributed by atoms with van der Waals surface area (Å²) in [5.74, 6) is 4.49. The molecule has 0 fully saturated rings. The topological polar surface area (TPSA) is 143 Å². The molecule has 5 N–H and O–H groups in total. The largest absolute Gasteiger partial charge is 0.489 e. The van der Waals surface area contributed by atoms with Gasteiger partial charge in [-0.2, -0.15) is 0 Å². The van der Waals surface area contributed by atoms with Crippen molar-refractivity contribution in [3.05, 3.63) is 59.7 Å². The highest BCUT2D eigenvalue weighted by Gasteiger charge is 2.24. The van der Waals surface area contributed by atoms with Crippen LogP contribution in [0.25, 0.3) is 0 Å². The van der Waals surface area contributed by atoms with Crippen LogP contribution >= 0.6 is 0 Å². The van der Waals surface area contributed by atoms with Gasteiger partial charge in [0.05, 0.1) is 11.4 Å². The van der Waals surface area contributed by atoms with E-state index < -0.39 is 22.0 Å². The fourth-order valence-corrected chi connectivity index (χ4v) is 4.18. The van der Waals surface area contributed by atoms with E-state index in [2.05, 4.69) is 15.1 Å². The molecule has 0 bridgehead atoms. The average molecular weight is 449 g/mol. The SMILES string of the molecule is CCCCS(=O)(=O)N[C@@H](Cc1ccc(OCc2ccccc2N=CNN)cc1)C(=O)O. The normalized spacial score (nSPS) is 12.6. The lowest BCUT2D eigenvalue weighted by molar-refractivity contribution is -0.138. The molecule has 0 radical (unpaired) electrons. The number of hydrogen-bond acceptors (Lipinski definition) is 6. The Kier molecular flexibility index (Phi) is 9.44. The molecule has 0 aliphatic rings. The standard InChI is InChI=1S/C21H28N4O5S/c1-2-3-12-31(28,29)25-20(21(26)27)13-16-8-10-18(11-9-16)30-14-17-6-4-5-7-19(17)23-15-24-22/h4-11,15,20,25H,2-3,12-14,22H2,1H3,(H,23,24)(H,26,27)/t20-/m0/s1. The minimum Gasteiger partial charge on any atom is -0.489 e. The third kappa shape index (κ3) is 8.36. The first-order chi connectivity index (χ1) is 14.8. The molecule has 2 rings (SSSR count). The highest BCUT2D eigenvalue weighted by molar-refractivity contribution is 7.89. The van der Waals surface area contributed by atoms with Crippen LogP contribution < -0.4 is 20.7 Å². The Labute approximate surface area is 182 Å². The molecular formula is C21H28N4O5S. The number of nitrogens with zero attached hydrogens (tertiary/aromatic N) is 1. The lowest BCUT2D eigenvalue weighted by Gasteiger charge is -2.15. The molecule has 0 saturated carbocycles. The van der Waals surface area contributed by atoms with Gasteiger partial charge in [0.1, 0.15) is 24.7 Å². The summed E-state index contributed by atoms with van der Waals surface area (Å²) >= 11 is 0. The van der Waals surface area contributed by atoms with E-state index in [9.17, 15) is 18.3 Å². The Bertz CT molecular complexity index is 978. The van der Waals surface area contributed by atoms with E-state index >= 15 is 0 Å². The summed E-state index contributed by atoms with van der Waals surface area (Å²) in [6.45, 7) is 2.16. The van der Waals surface area contributed by atoms with Crippen molar-refractivity contribution < 1.29 is 23.1 Å². The number of carboxylic acid groups (broad SMARTS) is 1. The van der Waals surface area contributed by atoms with Crippen LogP contribution in [-0.2, 0) is 27.8 Å². The fourth-order valence-electron chi connectivity index (χ4n) is 2.77. The number of carbonyl (C=O) groups is 1. The minimum atomic E-state index is -3.65. The van der Waals surface area contributed by atoms with E-state index in [4.69, 9.17) is 10.6 Å². The highest BCUT2D eigenvalue weighted by atomic mass is 32.2. The number of sulfonamides is 1. The molecule has 0 unspecified atom stereocenters. The van der Waals surface area contributed by atoms with Gasteiger partial charge in [-0.15, -0.1) is 0 Å². The predicted molar refractivity (Wildman–Crippen MR) is 120 cm³/mol. The first-order valence-electron chi connectivity index (χ1n) is 9.85. The second-order valence-corrected chi connectivity index (χ2v) is 8.74. The number of ether oxygens (including phenoxy) is 1. The Morgan fingerprint density at radius 3 is 2.58 bits per heavy atom. The van der Waals surface area contributed by atoms with Crippen molar-refractivity contribution in [2.75, 3.05) is 5.75 Å². The van der Waals surface area contributed by atoms with Crippen LogP contribution in [0, 0.1) is 0 Å². The number of hydrazine groups is 1. The summed E-state index contributed by atoms with van der Waals surface area (Å²) in [6, 6.07) is 13.1. The summed E-state index contributed by atoms with van der Waals surface area (Å²) in [7, 11) is -3.65. The molecule has 168 valence electrons. The molecule has 0 aromatic heterocycles. The van der Waals surface area contributed by atoms with Gasteiger partial charge in [-0.05, 0) is 36.6 Å². The molecular weight excluding hydrogens is 420 g/mol. The quantitative estimate of drug-likeness (QED) is 0.159. The summed E-state index contributed by atoms with van der Waals surface area (Å²) in [6.07, 6.45) is 2.60. The van der Waals surface area contributed by atoms with E-state index in [0.717, 1.165) is 11.3 Å². The third-order valence-electron chi connectivity index (χ3n) is 4.41. The molecule has 0 heterocycles. The second kappa shape index (κ2) is 12.0. The number of benzene rings is 2. The van der Waals surface area contributed by atoms with Gasteiger partial charge in [0.2, 0.25) is 10.0 Å². The van der Waals surface area contributed by atoms with Gasteiger partial charge in [0.15, 0.2) is 0 Å². The lowest BCUT2D eigenvalue weighted by Crippen LogP contribution is -2.43. The molecule has 1 atom stereocenters. The number of carboxylic acids is 1. The molecule has 31 heavy (non-hydrogen) atoms. The second-order valence-electron chi connectivity index (χ2n) is 6.87.